The normalized spacial score (nSPS) is 11.9. The smallest absolute Gasteiger partial charge is 0.205 e. The van der Waals surface area contributed by atoms with Crippen LogP contribution in [0.25, 0.3) is 109 Å². The number of phenolic OH excluding ortho intramolecular Hbond substituents is 9. The number of phenols is 9. The van der Waals surface area contributed by atoms with E-state index in [4.69, 9.17) is 4.42 Å². The molecule has 10 aromatic carbocycles. The van der Waals surface area contributed by atoms with Crippen molar-refractivity contribution < 1.29 is 50.4 Å². The van der Waals surface area contributed by atoms with Crippen LogP contribution in [-0.4, -0.2) is 46.0 Å². The Morgan fingerprint density at radius 2 is 0.767 bits per heavy atom. The van der Waals surface area contributed by atoms with E-state index >= 15 is 0 Å². The Morgan fingerprint density at radius 3 is 1.40 bits per heavy atom. The van der Waals surface area contributed by atoms with Gasteiger partial charge >= 0.3 is 0 Å². The lowest BCUT2D eigenvalue weighted by Crippen LogP contribution is -1.95. The van der Waals surface area contributed by atoms with Crippen LogP contribution in [0.5, 0.6) is 51.7 Å². The first-order valence-electron chi connectivity index (χ1n) is 18.9. The SMILES string of the molecule is Oc1c(O)c(-c2c(-c3c4ccccc4c(-c4ccc5ccccc5c4)c4ccccc34)ccc3ccccc23)c2c(oc3c(O)c4c(O)c(O)c(O)c(O)c4c(O)c32)c1O. The standard InChI is InChI=1S/C50H30O10/c51-40-37-38(43(54)46(57)45(56)42(37)53)44(55)50-39(40)36-35(41(52)47(58)48(59)49(36)60-50)34-26-12-4-3-10-23(26)19-20-31(34)33-29-15-7-5-13-27(29)32(28-14-6-8-16-30(28)33)25-18-17-22-9-1-2-11-24(22)21-25/h1-21,51-59H. The molecule has 10 heteroatoms. The number of rotatable bonds is 3. The molecule has 9 N–H and O–H groups in total. The van der Waals surface area contributed by atoms with E-state index in [2.05, 4.69) is 42.5 Å². The Bertz CT molecular complexity index is 3660. The van der Waals surface area contributed by atoms with Crippen LogP contribution in [0.3, 0.4) is 0 Å². The number of hydrogen-bond acceptors (Lipinski definition) is 10. The zero-order valence-corrected chi connectivity index (χ0v) is 31.1. The average molecular weight is 791 g/mol. The molecule has 0 atom stereocenters. The highest BCUT2D eigenvalue weighted by Crippen LogP contribution is 2.62. The van der Waals surface area contributed by atoms with E-state index in [0.29, 0.717) is 16.5 Å². The fourth-order valence-electron chi connectivity index (χ4n) is 9.15. The first-order chi connectivity index (χ1) is 29.1. The topological polar surface area (TPSA) is 195 Å². The van der Waals surface area contributed by atoms with E-state index in [9.17, 15) is 46.0 Å². The van der Waals surface area contributed by atoms with Gasteiger partial charge in [0.25, 0.3) is 0 Å². The Kier molecular flexibility index (Phi) is 7.09. The van der Waals surface area contributed by atoms with Crippen molar-refractivity contribution in [1.82, 2.24) is 0 Å². The van der Waals surface area contributed by atoms with Crippen molar-refractivity contribution in [2.24, 2.45) is 0 Å². The Labute approximate surface area is 337 Å². The molecule has 0 aliphatic heterocycles. The van der Waals surface area contributed by atoms with Gasteiger partial charge < -0.3 is 50.4 Å². The molecule has 1 heterocycles. The van der Waals surface area contributed by atoms with Gasteiger partial charge in [0.1, 0.15) is 5.75 Å². The molecular formula is C50H30O10. The first kappa shape index (κ1) is 34.7. The van der Waals surface area contributed by atoms with Gasteiger partial charge in [0, 0.05) is 16.5 Å². The summed E-state index contributed by atoms with van der Waals surface area (Å²) in [6.45, 7) is 0. The Hall–Kier alpha value is -8.50. The van der Waals surface area contributed by atoms with Gasteiger partial charge in [0.2, 0.25) is 23.0 Å². The highest BCUT2D eigenvalue weighted by molar-refractivity contribution is 6.30. The van der Waals surface area contributed by atoms with Crippen molar-refractivity contribution >= 4 is 75.8 Å². The van der Waals surface area contributed by atoms with E-state index in [-0.39, 0.29) is 16.3 Å². The van der Waals surface area contributed by atoms with Crippen molar-refractivity contribution in [1.29, 1.82) is 0 Å². The minimum absolute atomic E-state index is 0.113. The van der Waals surface area contributed by atoms with Gasteiger partial charge in [-0.1, -0.05) is 121 Å². The largest absolute Gasteiger partial charge is 0.506 e. The summed E-state index contributed by atoms with van der Waals surface area (Å²) in [5.74, 6) is -8.91. The third kappa shape index (κ3) is 4.46. The number of hydrogen-bond donors (Lipinski definition) is 9. The lowest BCUT2D eigenvalue weighted by molar-refractivity contribution is 0.349. The maximum atomic E-state index is 12.1. The summed E-state index contributed by atoms with van der Waals surface area (Å²) in [5.41, 5.74) is 2.60. The summed E-state index contributed by atoms with van der Waals surface area (Å²) < 4.78 is 5.99. The summed E-state index contributed by atoms with van der Waals surface area (Å²) >= 11 is 0. The van der Waals surface area contributed by atoms with Gasteiger partial charge in [-0.2, -0.15) is 0 Å². The maximum Gasteiger partial charge on any atom is 0.205 e. The van der Waals surface area contributed by atoms with Gasteiger partial charge in [-0.05, 0) is 71.4 Å². The molecule has 0 aliphatic carbocycles. The molecule has 11 rings (SSSR count). The van der Waals surface area contributed by atoms with E-state index < -0.39 is 73.7 Å². The van der Waals surface area contributed by atoms with Crippen LogP contribution in [0.2, 0.25) is 0 Å². The highest BCUT2D eigenvalue weighted by atomic mass is 16.4. The van der Waals surface area contributed by atoms with Crippen molar-refractivity contribution in [3.63, 3.8) is 0 Å². The molecule has 0 saturated carbocycles. The number of furan rings is 1. The van der Waals surface area contributed by atoms with E-state index in [1.165, 1.54) is 0 Å². The fraction of sp³-hybridized carbons (Fsp3) is 0. The molecule has 0 radical (unpaired) electrons. The van der Waals surface area contributed by atoms with E-state index in [1.807, 2.05) is 84.9 Å². The third-order valence-electron chi connectivity index (χ3n) is 11.8. The van der Waals surface area contributed by atoms with Crippen LogP contribution in [0.1, 0.15) is 0 Å². The third-order valence-corrected chi connectivity index (χ3v) is 11.8. The minimum atomic E-state index is -1.17. The Morgan fingerprint density at radius 1 is 0.283 bits per heavy atom. The molecule has 0 spiro atoms. The molecule has 0 aliphatic rings. The summed E-state index contributed by atoms with van der Waals surface area (Å²) in [4.78, 5) is 0. The van der Waals surface area contributed by atoms with Crippen LogP contribution >= 0.6 is 0 Å². The molecule has 0 bridgehead atoms. The number of benzene rings is 10. The second-order valence-corrected chi connectivity index (χ2v) is 14.9. The van der Waals surface area contributed by atoms with Crippen LogP contribution in [0.4, 0.5) is 0 Å². The van der Waals surface area contributed by atoms with Gasteiger partial charge in [0.05, 0.1) is 16.2 Å². The quantitative estimate of drug-likeness (QED) is 0.0472. The molecule has 0 amide bonds. The molecule has 0 unspecified atom stereocenters. The van der Waals surface area contributed by atoms with Crippen molar-refractivity contribution in [2.45, 2.75) is 0 Å². The van der Waals surface area contributed by atoms with Gasteiger partial charge in [-0.3, -0.25) is 0 Å². The predicted octanol–water partition coefficient (Wildman–Crippen LogP) is 11.7. The monoisotopic (exact) mass is 790 g/mol. The molecule has 11 aromatic rings. The number of aromatic hydroxyl groups is 9. The molecule has 290 valence electrons. The summed E-state index contributed by atoms with van der Waals surface area (Å²) in [5, 5.41) is 106. The molecule has 0 fully saturated rings. The second kappa shape index (κ2) is 12.3. The van der Waals surface area contributed by atoms with Gasteiger partial charge in [0.15, 0.2) is 34.2 Å². The summed E-state index contributed by atoms with van der Waals surface area (Å²) in [6, 6.07) is 41.7. The zero-order chi connectivity index (χ0) is 41.3. The van der Waals surface area contributed by atoms with Crippen molar-refractivity contribution in [3.05, 3.63) is 127 Å². The highest BCUT2D eigenvalue weighted by Gasteiger charge is 2.34. The lowest BCUT2D eigenvalue weighted by atomic mass is 9.81. The fourth-order valence-corrected chi connectivity index (χ4v) is 9.15. The molecule has 0 saturated heterocycles. The van der Waals surface area contributed by atoms with Crippen molar-refractivity contribution in [3.8, 4) is 85.1 Å². The second-order valence-electron chi connectivity index (χ2n) is 14.9. The van der Waals surface area contributed by atoms with Crippen LogP contribution in [-0.2, 0) is 0 Å². The summed E-state index contributed by atoms with van der Waals surface area (Å²) in [7, 11) is 0. The van der Waals surface area contributed by atoms with Crippen LogP contribution < -0.4 is 0 Å². The summed E-state index contributed by atoms with van der Waals surface area (Å²) in [6.07, 6.45) is 0. The van der Waals surface area contributed by atoms with Gasteiger partial charge in [-0.25, -0.2) is 0 Å². The van der Waals surface area contributed by atoms with Gasteiger partial charge in [-0.15, -0.1) is 0 Å². The maximum absolute atomic E-state index is 12.1. The number of fused-ring (bicyclic) bond motifs is 8. The van der Waals surface area contributed by atoms with E-state index in [0.717, 1.165) is 54.4 Å². The molecular weight excluding hydrogens is 761 g/mol. The minimum Gasteiger partial charge on any atom is -0.506 e. The molecule has 1 aromatic heterocycles. The predicted molar refractivity (Wildman–Crippen MR) is 233 cm³/mol. The van der Waals surface area contributed by atoms with Crippen LogP contribution in [0.15, 0.2) is 132 Å². The van der Waals surface area contributed by atoms with Crippen molar-refractivity contribution in [2.75, 3.05) is 0 Å². The zero-order valence-electron chi connectivity index (χ0n) is 31.1. The van der Waals surface area contributed by atoms with Crippen LogP contribution in [0, 0.1) is 0 Å². The molecule has 10 nitrogen and oxygen atoms in total. The lowest BCUT2D eigenvalue weighted by Gasteiger charge is -2.22. The molecule has 60 heavy (non-hydrogen) atoms. The first-order valence-corrected chi connectivity index (χ1v) is 18.9. The van der Waals surface area contributed by atoms with E-state index in [1.54, 1.807) is 0 Å². The average Bonchev–Trinajstić information content (AvgIpc) is 3.68. The Balaban J connectivity index is 1.34.